The third-order valence-electron chi connectivity index (χ3n) is 2.86. The highest BCUT2D eigenvalue weighted by atomic mass is 35.5. The maximum absolute atomic E-state index is 11.9. The van der Waals surface area contributed by atoms with Crippen LogP contribution in [0.25, 0.3) is 0 Å². The van der Waals surface area contributed by atoms with E-state index >= 15 is 0 Å². The lowest BCUT2D eigenvalue weighted by Crippen LogP contribution is -2.28. The summed E-state index contributed by atoms with van der Waals surface area (Å²) in [5.41, 5.74) is 7.27. The van der Waals surface area contributed by atoms with E-state index in [9.17, 15) is 4.79 Å². The van der Waals surface area contributed by atoms with Crippen LogP contribution in [0.2, 0.25) is 0 Å². The van der Waals surface area contributed by atoms with E-state index in [4.69, 9.17) is 10.5 Å². The first-order valence-electron chi connectivity index (χ1n) is 4.84. The zero-order chi connectivity index (χ0) is 11.0. The highest BCUT2D eigenvalue weighted by Crippen LogP contribution is 2.36. The molecule has 1 aromatic carbocycles. The molecule has 1 aromatic rings. The number of carbonyl (C=O) groups excluding carboxylic acids is 1. The Morgan fingerprint density at radius 2 is 2.19 bits per heavy atom. The van der Waals surface area contributed by atoms with Gasteiger partial charge < -0.3 is 15.4 Å². The quantitative estimate of drug-likeness (QED) is 0.848. The van der Waals surface area contributed by atoms with Crippen molar-refractivity contribution in [3.05, 3.63) is 29.3 Å². The minimum atomic E-state index is -0.0254. The molecular weight excluding hydrogens is 228 g/mol. The first-order chi connectivity index (χ1) is 7.20. The number of fused-ring (bicyclic) bond motifs is 1. The van der Waals surface area contributed by atoms with Gasteiger partial charge in [0, 0.05) is 13.6 Å². The van der Waals surface area contributed by atoms with Gasteiger partial charge in [-0.1, -0.05) is 12.1 Å². The van der Waals surface area contributed by atoms with E-state index in [-0.39, 0.29) is 24.4 Å². The van der Waals surface area contributed by atoms with Gasteiger partial charge in [0.1, 0.15) is 5.75 Å². The van der Waals surface area contributed by atoms with Crippen molar-refractivity contribution in [1.82, 2.24) is 4.90 Å². The summed E-state index contributed by atoms with van der Waals surface area (Å²) in [6.07, 6.45) is 0. The summed E-state index contributed by atoms with van der Waals surface area (Å²) < 4.78 is 5.18. The number of ether oxygens (including phenoxy) is 1. The van der Waals surface area contributed by atoms with Crippen LogP contribution in [0.15, 0.2) is 18.2 Å². The maximum Gasteiger partial charge on any atom is 0.258 e. The molecule has 0 spiro atoms. The predicted molar refractivity (Wildman–Crippen MR) is 64.1 cm³/mol. The van der Waals surface area contributed by atoms with E-state index in [0.29, 0.717) is 17.9 Å². The summed E-state index contributed by atoms with van der Waals surface area (Å²) in [4.78, 5) is 13.6. The molecular formula is C11H15ClN2O2. The summed E-state index contributed by atoms with van der Waals surface area (Å²) in [7, 11) is 3.33. The summed E-state index contributed by atoms with van der Waals surface area (Å²) in [5, 5.41) is 0. The zero-order valence-electron chi connectivity index (χ0n) is 9.27. The molecule has 1 heterocycles. The third-order valence-corrected chi connectivity index (χ3v) is 2.86. The van der Waals surface area contributed by atoms with Crippen molar-refractivity contribution < 1.29 is 9.53 Å². The Kier molecular flexibility index (Phi) is 3.78. The van der Waals surface area contributed by atoms with Crippen molar-refractivity contribution >= 4 is 18.3 Å². The molecule has 0 saturated carbocycles. The van der Waals surface area contributed by atoms with Gasteiger partial charge in [0.25, 0.3) is 5.91 Å². The number of likely N-dealkylation sites (N-methyl/N-ethyl adjacent to an activating group) is 1. The molecule has 5 heteroatoms. The number of nitrogens with zero attached hydrogens (tertiary/aromatic N) is 1. The molecule has 1 unspecified atom stereocenters. The Balaban J connectivity index is 0.00000128. The second kappa shape index (κ2) is 4.72. The van der Waals surface area contributed by atoms with Gasteiger partial charge in [-0.2, -0.15) is 0 Å². The van der Waals surface area contributed by atoms with Crippen molar-refractivity contribution in [2.75, 3.05) is 20.7 Å². The SMILES string of the molecule is COc1cccc2c1C(=O)N(C)C2CN.Cl. The molecule has 1 atom stereocenters. The molecule has 1 aliphatic rings. The van der Waals surface area contributed by atoms with Crippen LogP contribution >= 0.6 is 12.4 Å². The van der Waals surface area contributed by atoms with Gasteiger partial charge >= 0.3 is 0 Å². The molecule has 1 aliphatic heterocycles. The number of hydrogen-bond acceptors (Lipinski definition) is 3. The molecule has 2 rings (SSSR count). The zero-order valence-corrected chi connectivity index (χ0v) is 10.1. The summed E-state index contributed by atoms with van der Waals surface area (Å²) in [6, 6.07) is 5.58. The van der Waals surface area contributed by atoms with Crippen molar-refractivity contribution in [2.24, 2.45) is 5.73 Å². The Bertz CT molecular complexity index is 409. The van der Waals surface area contributed by atoms with Crippen molar-refractivity contribution in [3.63, 3.8) is 0 Å². The Labute approximate surface area is 101 Å². The molecule has 4 nitrogen and oxygen atoms in total. The van der Waals surface area contributed by atoms with Gasteiger partial charge in [-0.05, 0) is 11.6 Å². The average Bonchev–Trinajstić information content (AvgIpc) is 2.51. The topological polar surface area (TPSA) is 55.6 Å². The van der Waals surface area contributed by atoms with Crippen LogP contribution in [-0.4, -0.2) is 31.5 Å². The first kappa shape index (κ1) is 12.8. The summed E-state index contributed by atoms with van der Waals surface area (Å²) >= 11 is 0. The molecule has 0 fully saturated rings. The van der Waals surface area contributed by atoms with Crippen molar-refractivity contribution in [2.45, 2.75) is 6.04 Å². The van der Waals surface area contributed by atoms with Gasteiger partial charge in [-0.15, -0.1) is 12.4 Å². The largest absolute Gasteiger partial charge is 0.496 e. The second-order valence-electron chi connectivity index (χ2n) is 3.59. The van der Waals surface area contributed by atoms with Crippen LogP contribution in [0.1, 0.15) is 22.0 Å². The van der Waals surface area contributed by atoms with Crippen LogP contribution < -0.4 is 10.5 Å². The fourth-order valence-electron chi connectivity index (χ4n) is 2.04. The van der Waals surface area contributed by atoms with Gasteiger partial charge in [0.05, 0.1) is 18.7 Å². The number of nitrogens with two attached hydrogens (primary N) is 1. The molecule has 16 heavy (non-hydrogen) atoms. The van der Waals surface area contributed by atoms with E-state index in [1.807, 2.05) is 12.1 Å². The van der Waals surface area contributed by atoms with Gasteiger partial charge in [0.15, 0.2) is 0 Å². The number of amides is 1. The molecule has 0 bridgehead atoms. The standard InChI is InChI=1S/C11H14N2O2.ClH/c1-13-8(6-12)7-4-3-5-9(15-2)10(7)11(13)14;/h3-5,8H,6,12H2,1-2H3;1H. The fraction of sp³-hybridized carbons (Fsp3) is 0.364. The van der Waals surface area contributed by atoms with Crippen LogP contribution in [0.5, 0.6) is 5.75 Å². The molecule has 0 aromatic heterocycles. The lowest BCUT2D eigenvalue weighted by atomic mass is 10.0. The van der Waals surface area contributed by atoms with E-state index in [1.165, 1.54) is 0 Å². The average molecular weight is 243 g/mol. The smallest absolute Gasteiger partial charge is 0.258 e. The monoisotopic (exact) mass is 242 g/mol. The molecule has 0 aliphatic carbocycles. The summed E-state index contributed by atoms with van der Waals surface area (Å²) in [5.74, 6) is 0.609. The fourth-order valence-corrected chi connectivity index (χ4v) is 2.04. The Morgan fingerprint density at radius 3 is 2.75 bits per heavy atom. The number of carbonyl (C=O) groups is 1. The highest BCUT2D eigenvalue weighted by molar-refractivity contribution is 6.01. The maximum atomic E-state index is 11.9. The molecule has 0 radical (unpaired) electrons. The Morgan fingerprint density at radius 1 is 1.50 bits per heavy atom. The van der Waals surface area contributed by atoms with E-state index < -0.39 is 0 Å². The molecule has 88 valence electrons. The van der Waals surface area contributed by atoms with Crippen molar-refractivity contribution in [3.8, 4) is 5.75 Å². The van der Waals surface area contributed by atoms with Gasteiger partial charge in [0.2, 0.25) is 0 Å². The summed E-state index contributed by atoms with van der Waals surface area (Å²) in [6.45, 7) is 0.433. The van der Waals surface area contributed by atoms with Crippen LogP contribution in [0.4, 0.5) is 0 Å². The Hall–Kier alpha value is -1.26. The number of hydrogen-bond donors (Lipinski definition) is 1. The minimum Gasteiger partial charge on any atom is -0.496 e. The lowest BCUT2D eigenvalue weighted by molar-refractivity contribution is 0.0776. The van der Waals surface area contributed by atoms with Crippen LogP contribution in [0.3, 0.4) is 0 Å². The minimum absolute atomic E-state index is 0. The number of methoxy groups -OCH3 is 1. The van der Waals surface area contributed by atoms with Gasteiger partial charge in [-0.3, -0.25) is 4.79 Å². The number of benzene rings is 1. The van der Waals surface area contributed by atoms with Crippen LogP contribution in [0, 0.1) is 0 Å². The number of halogens is 1. The van der Waals surface area contributed by atoms with E-state index in [0.717, 1.165) is 5.56 Å². The third kappa shape index (κ3) is 1.64. The predicted octanol–water partition coefficient (Wildman–Crippen LogP) is 1.20. The van der Waals surface area contributed by atoms with Crippen molar-refractivity contribution in [1.29, 1.82) is 0 Å². The highest BCUT2D eigenvalue weighted by Gasteiger charge is 2.35. The number of rotatable bonds is 2. The first-order valence-corrected chi connectivity index (χ1v) is 4.84. The molecule has 0 saturated heterocycles. The molecule has 2 N–H and O–H groups in total. The van der Waals surface area contributed by atoms with Gasteiger partial charge in [-0.25, -0.2) is 0 Å². The second-order valence-corrected chi connectivity index (χ2v) is 3.59. The lowest BCUT2D eigenvalue weighted by Gasteiger charge is -2.18. The normalized spacial score (nSPS) is 18.1. The van der Waals surface area contributed by atoms with E-state index in [2.05, 4.69) is 0 Å². The molecule has 1 amide bonds. The van der Waals surface area contributed by atoms with Crippen LogP contribution in [-0.2, 0) is 0 Å². The van der Waals surface area contributed by atoms with E-state index in [1.54, 1.807) is 25.1 Å².